The highest BCUT2D eigenvalue weighted by atomic mass is 35.5. The number of fused-ring (bicyclic) bond motifs is 1. The smallest absolute Gasteiger partial charge is 0.248 e. The fraction of sp³-hybridized carbons (Fsp3) is 0.160. The molecule has 3 aromatic carbocycles. The van der Waals surface area contributed by atoms with Crippen LogP contribution in [0.25, 0.3) is 0 Å². The summed E-state index contributed by atoms with van der Waals surface area (Å²) >= 11 is 11.2. The summed E-state index contributed by atoms with van der Waals surface area (Å²) in [5.41, 5.74) is 8.61. The van der Waals surface area contributed by atoms with E-state index in [-0.39, 0.29) is 24.3 Å². The number of nitrogens with zero attached hydrogens (tertiary/aromatic N) is 2. The van der Waals surface area contributed by atoms with E-state index < -0.39 is 5.91 Å². The Hall–Kier alpha value is -3.22. The van der Waals surface area contributed by atoms with E-state index >= 15 is 0 Å². The van der Waals surface area contributed by atoms with Gasteiger partial charge in [0.2, 0.25) is 11.8 Å². The maximum Gasteiger partial charge on any atom is 0.248 e. The molecule has 3 aromatic rings. The van der Waals surface area contributed by atoms with Gasteiger partial charge in [-0.3, -0.25) is 14.6 Å². The standard InChI is InChI=1S/C18H17FN2O.C7H5Cl2NO/c1-12(2)21-16-6-4-3-5-15(16)18(20-11-17(21)22)13-7-9-14(19)10-8-13;8-5-1-4(7(10)11)2-6(9)3-5/h3-10,12H,11H2,1-2H3;1-3H,(H2,10,11). The van der Waals surface area contributed by atoms with Gasteiger partial charge in [-0.15, -0.1) is 0 Å². The molecule has 0 saturated carbocycles. The Morgan fingerprint density at radius 1 is 1.03 bits per heavy atom. The molecule has 0 atom stereocenters. The van der Waals surface area contributed by atoms with Crippen LogP contribution in [0.15, 0.2) is 71.7 Å². The van der Waals surface area contributed by atoms with Crippen molar-refractivity contribution >= 4 is 46.4 Å². The van der Waals surface area contributed by atoms with Crippen molar-refractivity contribution in [3.8, 4) is 0 Å². The van der Waals surface area contributed by atoms with Gasteiger partial charge in [0.1, 0.15) is 12.4 Å². The third-order valence-electron chi connectivity index (χ3n) is 4.84. The number of halogens is 3. The molecule has 0 fully saturated rings. The SMILES string of the molecule is CC(C)N1C(=O)CN=C(c2ccc(F)cc2)c2ccccc21.NC(=O)c1cc(Cl)cc(Cl)c1. The molecule has 1 aliphatic heterocycles. The number of rotatable bonds is 3. The fourth-order valence-electron chi connectivity index (χ4n) is 3.44. The van der Waals surface area contributed by atoms with Crippen molar-refractivity contribution in [2.75, 3.05) is 11.4 Å². The van der Waals surface area contributed by atoms with E-state index in [2.05, 4.69) is 4.99 Å². The first kappa shape index (κ1) is 24.4. The summed E-state index contributed by atoms with van der Waals surface area (Å²) in [6, 6.07) is 18.4. The second kappa shape index (κ2) is 10.6. The Kier molecular flexibility index (Phi) is 7.84. The number of aliphatic imine (C=N–C) groups is 1. The highest BCUT2D eigenvalue weighted by molar-refractivity contribution is 6.35. The number of benzene rings is 3. The number of hydrogen-bond donors (Lipinski definition) is 1. The molecule has 4 rings (SSSR count). The molecule has 8 heteroatoms. The minimum absolute atomic E-state index is 0.0282. The Bertz CT molecular complexity index is 1190. The van der Waals surface area contributed by atoms with Crippen molar-refractivity contribution in [2.45, 2.75) is 19.9 Å². The van der Waals surface area contributed by atoms with Gasteiger partial charge in [0.25, 0.3) is 0 Å². The van der Waals surface area contributed by atoms with Crippen LogP contribution < -0.4 is 10.6 Å². The summed E-state index contributed by atoms with van der Waals surface area (Å²) in [5.74, 6) is -0.847. The number of para-hydroxylation sites is 1. The summed E-state index contributed by atoms with van der Waals surface area (Å²) < 4.78 is 13.2. The number of hydrogen-bond acceptors (Lipinski definition) is 3. The molecule has 1 aliphatic rings. The molecule has 0 aromatic heterocycles. The number of carbonyl (C=O) groups is 2. The minimum Gasteiger partial charge on any atom is -0.366 e. The lowest BCUT2D eigenvalue weighted by molar-refractivity contribution is -0.117. The highest BCUT2D eigenvalue weighted by Gasteiger charge is 2.26. The number of amides is 2. The van der Waals surface area contributed by atoms with Crippen molar-refractivity contribution in [1.29, 1.82) is 0 Å². The molecule has 2 N–H and O–H groups in total. The van der Waals surface area contributed by atoms with E-state index in [0.29, 0.717) is 15.6 Å². The van der Waals surface area contributed by atoms with Gasteiger partial charge in [-0.1, -0.05) is 41.4 Å². The number of primary amides is 1. The molecule has 0 radical (unpaired) electrons. The molecule has 5 nitrogen and oxygen atoms in total. The Morgan fingerprint density at radius 2 is 1.64 bits per heavy atom. The van der Waals surface area contributed by atoms with Gasteiger partial charge in [0.05, 0.1) is 11.4 Å². The lowest BCUT2D eigenvalue weighted by atomic mass is 10.00. The summed E-state index contributed by atoms with van der Waals surface area (Å²) in [4.78, 5) is 29.3. The van der Waals surface area contributed by atoms with Crippen LogP contribution in [0, 0.1) is 5.82 Å². The average Bonchev–Trinajstić information content (AvgIpc) is 2.90. The fourth-order valence-corrected chi connectivity index (χ4v) is 3.97. The van der Waals surface area contributed by atoms with Crippen molar-refractivity contribution in [3.63, 3.8) is 0 Å². The molecular weight excluding hydrogens is 464 g/mol. The van der Waals surface area contributed by atoms with Gasteiger partial charge in [-0.25, -0.2) is 4.39 Å². The van der Waals surface area contributed by atoms with Crippen molar-refractivity contribution in [3.05, 3.63) is 99.3 Å². The van der Waals surface area contributed by atoms with Crippen LogP contribution in [-0.2, 0) is 4.79 Å². The van der Waals surface area contributed by atoms with Crippen molar-refractivity contribution in [2.24, 2.45) is 10.7 Å². The topological polar surface area (TPSA) is 75.8 Å². The van der Waals surface area contributed by atoms with Gasteiger partial charge >= 0.3 is 0 Å². The first-order chi connectivity index (χ1) is 15.7. The van der Waals surface area contributed by atoms with Gasteiger partial charge in [-0.2, -0.15) is 0 Å². The van der Waals surface area contributed by atoms with Crippen molar-refractivity contribution < 1.29 is 14.0 Å². The molecule has 0 spiro atoms. The molecule has 33 heavy (non-hydrogen) atoms. The third-order valence-corrected chi connectivity index (χ3v) is 5.28. The molecule has 0 saturated heterocycles. The zero-order chi connectivity index (χ0) is 24.1. The van der Waals surface area contributed by atoms with E-state index in [1.165, 1.54) is 30.3 Å². The zero-order valence-corrected chi connectivity index (χ0v) is 19.6. The zero-order valence-electron chi connectivity index (χ0n) is 18.1. The maximum atomic E-state index is 13.2. The highest BCUT2D eigenvalue weighted by Crippen LogP contribution is 2.28. The Labute approximate surface area is 201 Å². The quantitative estimate of drug-likeness (QED) is 0.530. The number of anilines is 1. The summed E-state index contributed by atoms with van der Waals surface area (Å²) in [7, 11) is 0. The third kappa shape index (κ3) is 5.97. The Morgan fingerprint density at radius 3 is 2.21 bits per heavy atom. The van der Waals surface area contributed by atoms with E-state index in [4.69, 9.17) is 28.9 Å². The summed E-state index contributed by atoms with van der Waals surface area (Å²) in [6.07, 6.45) is 0. The molecule has 0 unspecified atom stereocenters. The van der Waals surface area contributed by atoms with Crippen LogP contribution in [0.4, 0.5) is 10.1 Å². The normalized spacial score (nSPS) is 13.0. The molecule has 0 bridgehead atoms. The summed E-state index contributed by atoms with van der Waals surface area (Å²) in [6.45, 7) is 4.06. The van der Waals surface area contributed by atoms with Gasteiger partial charge in [0, 0.05) is 32.8 Å². The number of benzodiazepines with no additional fused rings is 1. The summed E-state index contributed by atoms with van der Waals surface area (Å²) in [5, 5.41) is 0.817. The van der Waals surface area contributed by atoms with Crippen molar-refractivity contribution in [1.82, 2.24) is 0 Å². The largest absolute Gasteiger partial charge is 0.366 e. The molecular formula is C25H22Cl2FN3O2. The van der Waals surface area contributed by atoms with Crippen LogP contribution >= 0.6 is 23.2 Å². The van der Waals surface area contributed by atoms with Crippen LogP contribution in [-0.4, -0.2) is 30.1 Å². The minimum atomic E-state index is -0.533. The second-order valence-electron chi connectivity index (χ2n) is 7.57. The lowest BCUT2D eigenvalue weighted by Crippen LogP contribution is -2.38. The van der Waals surface area contributed by atoms with Gasteiger partial charge < -0.3 is 10.6 Å². The second-order valence-corrected chi connectivity index (χ2v) is 8.44. The predicted octanol–water partition coefficient (Wildman–Crippen LogP) is 5.51. The van der Waals surface area contributed by atoms with Gasteiger partial charge in [0.15, 0.2) is 0 Å². The van der Waals surface area contributed by atoms with Crippen LogP contribution in [0.3, 0.4) is 0 Å². The van der Waals surface area contributed by atoms with Gasteiger partial charge in [-0.05, 0) is 62.4 Å². The predicted molar refractivity (Wildman–Crippen MR) is 131 cm³/mol. The number of carbonyl (C=O) groups excluding carboxylic acids is 2. The molecule has 1 heterocycles. The molecule has 170 valence electrons. The molecule has 2 amide bonds. The van der Waals surface area contributed by atoms with E-state index in [0.717, 1.165) is 22.5 Å². The monoisotopic (exact) mass is 485 g/mol. The van der Waals surface area contributed by atoms with E-state index in [1.54, 1.807) is 17.0 Å². The maximum absolute atomic E-state index is 13.2. The Balaban J connectivity index is 0.000000235. The first-order valence-electron chi connectivity index (χ1n) is 10.1. The average molecular weight is 486 g/mol. The van der Waals surface area contributed by atoms with Crippen LogP contribution in [0.5, 0.6) is 0 Å². The first-order valence-corrected chi connectivity index (χ1v) is 10.9. The lowest BCUT2D eigenvalue weighted by Gasteiger charge is -2.26. The number of nitrogens with two attached hydrogens (primary N) is 1. The van der Waals surface area contributed by atoms with E-state index in [1.807, 2.05) is 38.1 Å². The molecule has 0 aliphatic carbocycles. The van der Waals surface area contributed by atoms with E-state index in [9.17, 15) is 14.0 Å². The van der Waals surface area contributed by atoms with Crippen LogP contribution in [0.2, 0.25) is 10.0 Å². The van der Waals surface area contributed by atoms with Crippen LogP contribution in [0.1, 0.15) is 35.3 Å².